The maximum Gasteiger partial charge on any atom is 0.293 e. The van der Waals surface area contributed by atoms with Crippen LogP contribution in [0.1, 0.15) is 18.1 Å². The van der Waals surface area contributed by atoms with Gasteiger partial charge in [-0.05, 0) is 54.1 Å². The number of ether oxygens (including phenoxy) is 2. The second-order valence-electron chi connectivity index (χ2n) is 5.70. The van der Waals surface area contributed by atoms with Gasteiger partial charge in [0.2, 0.25) is 0 Å². The number of carbonyl (C=O) groups excluding carboxylic acids is 2. The van der Waals surface area contributed by atoms with Crippen LogP contribution in [0.25, 0.3) is 6.08 Å². The molecule has 0 aromatic heterocycles. The summed E-state index contributed by atoms with van der Waals surface area (Å²) in [7, 11) is 1.57. The van der Waals surface area contributed by atoms with E-state index in [2.05, 4.69) is 15.9 Å². The van der Waals surface area contributed by atoms with Gasteiger partial charge in [-0.15, -0.1) is 0 Å². The van der Waals surface area contributed by atoms with Crippen LogP contribution < -0.4 is 9.47 Å². The van der Waals surface area contributed by atoms with E-state index in [0.29, 0.717) is 23.0 Å². The molecule has 1 heterocycles. The van der Waals surface area contributed by atoms with E-state index in [1.54, 1.807) is 25.3 Å². The van der Waals surface area contributed by atoms with Crippen LogP contribution in [-0.2, 0) is 11.3 Å². The Morgan fingerprint density at radius 3 is 2.63 bits per heavy atom. The second-order valence-corrected chi connectivity index (χ2v) is 7.55. The van der Waals surface area contributed by atoms with Gasteiger partial charge in [0, 0.05) is 4.47 Å². The minimum atomic E-state index is -0.297. The maximum absolute atomic E-state index is 12.7. The van der Waals surface area contributed by atoms with Gasteiger partial charge in [0.1, 0.15) is 0 Å². The van der Waals surface area contributed by atoms with Crippen molar-refractivity contribution in [2.45, 2.75) is 13.5 Å². The molecule has 0 bridgehead atoms. The smallest absolute Gasteiger partial charge is 0.293 e. The summed E-state index contributed by atoms with van der Waals surface area (Å²) in [5, 5.41) is -0.277. The fourth-order valence-electron chi connectivity index (χ4n) is 2.64. The molecule has 140 valence electrons. The molecule has 0 radical (unpaired) electrons. The third-order valence-electron chi connectivity index (χ3n) is 3.95. The van der Waals surface area contributed by atoms with E-state index in [1.807, 2.05) is 37.3 Å². The van der Waals surface area contributed by atoms with Gasteiger partial charge in [0.05, 0.1) is 25.2 Å². The highest BCUT2D eigenvalue weighted by Crippen LogP contribution is 2.35. The van der Waals surface area contributed by atoms with Crippen LogP contribution in [0.2, 0.25) is 0 Å². The molecule has 3 rings (SSSR count). The Bertz CT molecular complexity index is 913. The van der Waals surface area contributed by atoms with Gasteiger partial charge in [-0.3, -0.25) is 14.5 Å². The number of thioether (sulfide) groups is 1. The van der Waals surface area contributed by atoms with E-state index in [0.717, 1.165) is 27.4 Å². The molecule has 0 atom stereocenters. The molecule has 2 aromatic rings. The lowest BCUT2D eigenvalue weighted by atomic mass is 10.1. The summed E-state index contributed by atoms with van der Waals surface area (Å²) in [6, 6.07) is 12.9. The van der Waals surface area contributed by atoms with Crippen molar-refractivity contribution in [2.24, 2.45) is 0 Å². The maximum atomic E-state index is 12.7. The molecular weight excluding hydrogens is 430 g/mol. The number of rotatable bonds is 6. The van der Waals surface area contributed by atoms with Crippen LogP contribution in [0.4, 0.5) is 4.79 Å². The molecule has 5 nitrogen and oxygen atoms in total. The van der Waals surface area contributed by atoms with E-state index in [9.17, 15) is 9.59 Å². The van der Waals surface area contributed by atoms with Crippen LogP contribution in [0, 0.1) is 0 Å². The van der Waals surface area contributed by atoms with Gasteiger partial charge in [0.15, 0.2) is 11.5 Å². The molecule has 2 aromatic carbocycles. The van der Waals surface area contributed by atoms with Gasteiger partial charge in [-0.1, -0.05) is 40.2 Å². The van der Waals surface area contributed by atoms with Crippen molar-refractivity contribution in [1.29, 1.82) is 0 Å². The third-order valence-corrected chi connectivity index (χ3v) is 5.63. The van der Waals surface area contributed by atoms with Crippen molar-refractivity contribution in [3.05, 3.63) is 63.0 Å². The number of hydrogen-bond donors (Lipinski definition) is 0. The topological polar surface area (TPSA) is 55.8 Å². The summed E-state index contributed by atoms with van der Waals surface area (Å²) in [6.45, 7) is 2.62. The first-order valence-electron chi connectivity index (χ1n) is 8.33. The summed E-state index contributed by atoms with van der Waals surface area (Å²) in [6.07, 6.45) is 1.70. The Morgan fingerprint density at radius 1 is 1.15 bits per heavy atom. The summed E-state index contributed by atoms with van der Waals surface area (Å²) in [5.74, 6) is 0.923. The molecule has 27 heavy (non-hydrogen) atoms. The quantitative estimate of drug-likeness (QED) is 0.576. The fraction of sp³-hybridized carbons (Fsp3) is 0.200. The standard InChI is InChI=1S/C20H18BrNO4S/c1-3-26-17-10-13(8-9-16(17)25-2)11-18-19(23)22(20(24)27-18)12-14-6-4-5-7-15(14)21/h4-11H,3,12H2,1-2H3/b18-11-. The van der Waals surface area contributed by atoms with Crippen molar-refractivity contribution < 1.29 is 19.1 Å². The molecule has 1 aliphatic heterocycles. The molecule has 1 fully saturated rings. The summed E-state index contributed by atoms with van der Waals surface area (Å²) in [5.41, 5.74) is 1.65. The molecule has 7 heteroatoms. The van der Waals surface area contributed by atoms with Crippen LogP contribution >= 0.6 is 27.7 Å². The Morgan fingerprint density at radius 2 is 1.93 bits per heavy atom. The van der Waals surface area contributed by atoms with E-state index in [-0.39, 0.29) is 17.7 Å². The SMILES string of the molecule is CCOc1cc(/C=C2\SC(=O)N(Cc3ccccc3Br)C2=O)ccc1OC. The predicted molar refractivity (Wildman–Crippen MR) is 110 cm³/mol. The normalized spacial score (nSPS) is 15.5. The summed E-state index contributed by atoms with van der Waals surface area (Å²) >= 11 is 4.39. The highest BCUT2D eigenvalue weighted by molar-refractivity contribution is 9.10. The average Bonchev–Trinajstić information content (AvgIpc) is 2.91. The first-order valence-corrected chi connectivity index (χ1v) is 9.94. The highest BCUT2D eigenvalue weighted by atomic mass is 79.9. The van der Waals surface area contributed by atoms with Crippen molar-refractivity contribution >= 4 is 44.9 Å². The average molecular weight is 448 g/mol. The van der Waals surface area contributed by atoms with E-state index < -0.39 is 0 Å². The van der Waals surface area contributed by atoms with Crippen molar-refractivity contribution in [2.75, 3.05) is 13.7 Å². The lowest BCUT2D eigenvalue weighted by Crippen LogP contribution is -2.27. The van der Waals surface area contributed by atoms with Crippen LogP contribution in [-0.4, -0.2) is 29.8 Å². The second kappa shape index (κ2) is 8.63. The number of carbonyl (C=O) groups is 2. The van der Waals surface area contributed by atoms with Gasteiger partial charge in [-0.25, -0.2) is 0 Å². The molecule has 0 spiro atoms. The van der Waals surface area contributed by atoms with Gasteiger partial charge in [-0.2, -0.15) is 0 Å². The van der Waals surface area contributed by atoms with E-state index in [1.165, 1.54) is 4.90 Å². The summed E-state index contributed by atoms with van der Waals surface area (Å²) < 4.78 is 11.7. The zero-order valence-electron chi connectivity index (χ0n) is 14.9. The van der Waals surface area contributed by atoms with Crippen molar-refractivity contribution in [3.63, 3.8) is 0 Å². The molecule has 0 aliphatic carbocycles. The zero-order chi connectivity index (χ0) is 19.4. The van der Waals surface area contributed by atoms with Crippen molar-refractivity contribution in [1.82, 2.24) is 4.90 Å². The zero-order valence-corrected chi connectivity index (χ0v) is 17.3. The fourth-order valence-corrected chi connectivity index (χ4v) is 3.88. The number of benzene rings is 2. The molecule has 0 saturated carbocycles. The van der Waals surface area contributed by atoms with Crippen LogP contribution in [0.3, 0.4) is 0 Å². The third kappa shape index (κ3) is 4.36. The molecule has 1 saturated heterocycles. The van der Waals surface area contributed by atoms with Gasteiger partial charge in [0.25, 0.3) is 11.1 Å². The number of nitrogens with zero attached hydrogens (tertiary/aromatic N) is 1. The first-order chi connectivity index (χ1) is 13.0. The minimum absolute atomic E-state index is 0.232. The molecule has 2 amide bonds. The van der Waals surface area contributed by atoms with Crippen LogP contribution in [0.5, 0.6) is 11.5 Å². The Kier molecular flexibility index (Phi) is 6.23. The highest BCUT2D eigenvalue weighted by Gasteiger charge is 2.35. The molecular formula is C20H18BrNO4S. The Balaban J connectivity index is 1.84. The number of amides is 2. The van der Waals surface area contributed by atoms with Gasteiger partial charge < -0.3 is 9.47 Å². The largest absolute Gasteiger partial charge is 0.493 e. The van der Waals surface area contributed by atoms with Gasteiger partial charge >= 0.3 is 0 Å². The monoisotopic (exact) mass is 447 g/mol. The summed E-state index contributed by atoms with van der Waals surface area (Å²) in [4.78, 5) is 26.7. The number of hydrogen-bond acceptors (Lipinski definition) is 5. The van der Waals surface area contributed by atoms with Crippen molar-refractivity contribution in [3.8, 4) is 11.5 Å². The number of halogens is 1. The minimum Gasteiger partial charge on any atom is -0.493 e. The lowest BCUT2D eigenvalue weighted by Gasteiger charge is -2.13. The number of methoxy groups -OCH3 is 1. The molecule has 1 aliphatic rings. The molecule has 0 unspecified atom stereocenters. The number of imide groups is 1. The Labute approximate surface area is 170 Å². The predicted octanol–water partition coefficient (Wildman–Crippen LogP) is 5.09. The van der Waals surface area contributed by atoms with Crippen LogP contribution in [0.15, 0.2) is 51.8 Å². The first kappa shape index (κ1) is 19.5. The molecule has 0 N–H and O–H groups in total. The van der Waals surface area contributed by atoms with E-state index >= 15 is 0 Å². The van der Waals surface area contributed by atoms with E-state index in [4.69, 9.17) is 9.47 Å². The lowest BCUT2D eigenvalue weighted by molar-refractivity contribution is -0.123. The Hall–Kier alpha value is -2.25.